The zero-order chi connectivity index (χ0) is 12.3. The van der Waals surface area contributed by atoms with Gasteiger partial charge in [-0.2, -0.15) is 12.7 Å². The molecule has 6 heteroatoms. The molecule has 0 radical (unpaired) electrons. The van der Waals surface area contributed by atoms with Crippen LogP contribution in [0.1, 0.15) is 13.8 Å². The summed E-state index contributed by atoms with van der Waals surface area (Å²) in [7, 11) is -1.89. The van der Waals surface area contributed by atoms with Gasteiger partial charge in [-0.1, -0.05) is 6.07 Å². The highest BCUT2D eigenvalue weighted by molar-refractivity contribution is 14.1. The molecular formula is C10H15IN2O2S. The molecule has 90 valence electrons. The van der Waals surface area contributed by atoms with Gasteiger partial charge < -0.3 is 0 Å². The molecule has 0 heterocycles. The van der Waals surface area contributed by atoms with Gasteiger partial charge in [-0.3, -0.25) is 4.72 Å². The predicted molar refractivity (Wildman–Crippen MR) is 74.6 cm³/mol. The third kappa shape index (κ3) is 3.60. The number of halogens is 1. The molecule has 0 bridgehead atoms. The van der Waals surface area contributed by atoms with Crippen LogP contribution in [-0.4, -0.2) is 25.8 Å². The second-order valence-electron chi connectivity index (χ2n) is 3.73. The van der Waals surface area contributed by atoms with E-state index in [0.29, 0.717) is 5.69 Å². The summed E-state index contributed by atoms with van der Waals surface area (Å²) in [6.45, 7) is 3.65. The number of anilines is 1. The minimum Gasteiger partial charge on any atom is -0.271 e. The smallest absolute Gasteiger partial charge is 0.271 e. The fraction of sp³-hybridized carbons (Fsp3) is 0.400. The van der Waals surface area contributed by atoms with Crippen molar-refractivity contribution in [3.8, 4) is 0 Å². The zero-order valence-electron chi connectivity index (χ0n) is 9.44. The van der Waals surface area contributed by atoms with E-state index in [2.05, 4.69) is 27.3 Å². The first-order chi connectivity index (χ1) is 7.33. The van der Waals surface area contributed by atoms with Crippen LogP contribution >= 0.6 is 22.6 Å². The largest absolute Gasteiger partial charge is 0.301 e. The molecule has 0 saturated heterocycles. The Morgan fingerprint density at radius 2 is 2.00 bits per heavy atom. The van der Waals surface area contributed by atoms with Gasteiger partial charge in [0.2, 0.25) is 0 Å². The summed E-state index contributed by atoms with van der Waals surface area (Å²) in [6.07, 6.45) is 0. The van der Waals surface area contributed by atoms with Gasteiger partial charge >= 0.3 is 10.2 Å². The van der Waals surface area contributed by atoms with E-state index in [9.17, 15) is 8.42 Å². The third-order valence-electron chi connectivity index (χ3n) is 2.18. The molecule has 1 rings (SSSR count). The molecule has 0 atom stereocenters. The topological polar surface area (TPSA) is 49.4 Å². The van der Waals surface area contributed by atoms with Crippen molar-refractivity contribution in [3.05, 3.63) is 27.8 Å². The molecule has 1 aromatic carbocycles. The highest BCUT2D eigenvalue weighted by Gasteiger charge is 2.19. The molecule has 1 aromatic rings. The fourth-order valence-electron chi connectivity index (χ4n) is 1.05. The van der Waals surface area contributed by atoms with Crippen LogP contribution in [0.2, 0.25) is 0 Å². The van der Waals surface area contributed by atoms with Crippen molar-refractivity contribution in [2.75, 3.05) is 11.8 Å². The summed E-state index contributed by atoms with van der Waals surface area (Å²) in [6, 6.07) is 7.17. The van der Waals surface area contributed by atoms with Crippen LogP contribution in [0.25, 0.3) is 0 Å². The van der Waals surface area contributed by atoms with Gasteiger partial charge in [-0.15, -0.1) is 0 Å². The monoisotopic (exact) mass is 354 g/mol. The van der Waals surface area contributed by atoms with Crippen LogP contribution in [0.3, 0.4) is 0 Å². The molecule has 0 aliphatic heterocycles. The van der Waals surface area contributed by atoms with Crippen molar-refractivity contribution in [1.82, 2.24) is 4.31 Å². The van der Waals surface area contributed by atoms with Crippen molar-refractivity contribution in [2.45, 2.75) is 19.9 Å². The van der Waals surface area contributed by atoms with E-state index >= 15 is 0 Å². The van der Waals surface area contributed by atoms with Gasteiger partial charge in [0.15, 0.2) is 0 Å². The normalized spacial score (nSPS) is 12.1. The Labute approximate surface area is 110 Å². The minimum absolute atomic E-state index is 0.0692. The second-order valence-corrected chi connectivity index (χ2v) is 6.70. The van der Waals surface area contributed by atoms with Crippen LogP contribution in [0.15, 0.2) is 24.3 Å². The van der Waals surface area contributed by atoms with Crippen molar-refractivity contribution >= 4 is 38.5 Å². The maximum absolute atomic E-state index is 11.9. The second kappa shape index (κ2) is 5.33. The van der Waals surface area contributed by atoms with Gasteiger partial charge in [0.05, 0.1) is 5.69 Å². The highest BCUT2D eigenvalue weighted by atomic mass is 127. The molecule has 16 heavy (non-hydrogen) atoms. The third-order valence-corrected chi connectivity index (χ3v) is 4.52. The summed E-state index contributed by atoms with van der Waals surface area (Å²) in [4.78, 5) is 0. The first kappa shape index (κ1) is 13.7. The maximum atomic E-state index is 11.9. The number of benzene rings is 1. The molecule has 0 aliphatic carbocycles. The van der Waals surface area contributed by atoms with Gasteiger partial charge in [0.25, 0.3) is 0 Å². The molecular weight excluding hydrogens is 339 g/mol. The van der Waals surface area contributed by atoms with E-state index in [1.165, 1.54) is 4.31 Å². The Bertz CT molecular complexity index is 460. The van der Waals surface area contributed by atoms with E-state index < -0.39 is 10.2 Å². The molecule has 0 fully saturated rings. The van der Waals surface area contributed by atoms with E-state index in [1.807, 2.05) is 26.0 Å². The van der Waals surface area contributed by atoms with Gasteiger partial charge in [0.1, 0.15) is 0 Å². The summed E-state index contributed by atoms with van der Waals surface area (Å²) in [5, 5.41) is 0. The Morgan fingerprint density at radius 1 is 1.38 bits per heavy atom. The predicted octanol–water partition coefficient (Wildman–Crippen LogP) is 2.29. The Morgan fingerprint density at radius 3 is 2.50 bits per heavy atom. The van der Waals surface area contributed by atoms with E-state index in [4.69, 9.17) is 0 Å². The Kier molecular flexibility index (Phi) is 4.57. The summed E-state index contributed by atoms with van der Waals surface area (Å²) in [5.41, 5.74) is 0.583. The van der Waals surface area contributed by atoms with E-state index in [1.54, 1.807) is 19.2 Å². The van der Waals surface area contributed by atoms with Crippen LogP contribution in [0.5, 0.6) is 0 Å². The molecule has 0 unspecified atom stereocenters. The number of nitrogens with zero attached hydrogens (tertiary/aromatic N) is 1. The van der Waals surface area contributed by atoms with E-state index in [0.717, 1.165) is 3.57 Å². The average molecular weight is 354 g/mol. The average Bonchev–Trinajstić information content (AvgIpc) is 2.15. The lowest BCUT2D eigenvalue weighted by atomic mass is 10.3. The molecule has 4 nitrogen and oxygen atoms in total. The Hall–Kier alpha value is -0.340. The van der Waals surface area contributed by atoms with Crippen molar-refractivity contribution in [3.63, 3.8) is 0 Å². The van der Waals surface area contributed by atoms with E-state index in [-0.39, 0.29) is 6.04 Å². The highest BCUT2D eigenvalue weighted by Crippen LogP contribution is 2.15. The van der Waals surface area contributed by atoms with Gasteiger partial charge in [0, 0.05) is 16.7 Å². The fourth-order valence-corrected chi connectivity index (χ4v) is 2.72. The standard InChI is InChI=1S/C10H15IN2O2S/c1-8(2)13(3)16(14,15)12-10-6-4-5-9(11)7-10/h4-8,12H,1-3H3. The summed E-state index contributed by atoms with van der Waals surface area (Å²) in [5.74, 6) is 0. The zero-order valence-corrected chi connectivity index (χ0v) is 12.4. The SMILES string of the molecule is CC(C)N(C)S(=O)(=O)Nc1cccc(I)c1. The lowest BCUT2D eigenvalue weighted by Crippen LogP contribution is -2.37. The van der Waals surface area contributed by atoms with Crippen molar-refractivity contribution < 1.29 is 8.42 Å². The van der Waals surface area contributed by atoms with Crippen molar-refractivity contribution in [1.29, 1.82) is 0 Å². The summed E-state index contributed by atoms with van der Waals surface area (Å²) < 4.78 is 28.6. The van der Waals surface area contributed by atoms with Crippen LogP contribution in [0.4, 0.5) is 5.69 Å². The molecule has 0 amide bonds. The summed E-state index contributed by atoms with van der Waals surface area (Å²) >= 11 is 2.14. The first-order valence-corrected chi connectivity index (χ1v) is 7.36. The Balaban J connectivity index is 2.89. The molecule has 0 aliphatic rings. The quantitative estimate of drug-likeness (QED) is 0.844. The maximum Gasteiger partial charge on any atom is 0.301 e. The van der Waals surface area contributed by atoms with Crippen LogP contribution in [0, 0.1) is 3.57 Å². The first-order valence-electron chi connectivity index (χ1n) is 4.84. The van der Waals surface area contributed by atoms with Crippen LogP contribution in [-0.2, 0) is 10.2 Å². The number of hydrogen-bond acceptors (Lipinski definition) is 2. The molecule has 1 N–H and O–H groups in total. The molecule has 0 spiro atoms. The van der Waals surface area contributed by atoms with Gasteiger partial charge in [-0.25, -0.2) is 0 Å². The lowest BCUT2D eigenvalue weighted by Gasteiger charge is -2.21. The number of hydrogen-bond donors (Lipinski definition) is 1. The van der Waals surface area contributed by atoms with Crippen molar-refractivity contribution in [2.24, 2.45) is 0 Å². The molecule has 0 saturated carbocycles. The van der Waals surface area contributed by atoms with Gasteiger partial charge in [-0.05, 0) is 54.6 Å². The number of rotatable bonds is 4. The number of nitrogens with one attached hydrogen (secondary N) is 1. The van der Waals surface area contributed by atoms with Crippen LogP contribution < -0.4 is 4.72 Å². The molecule has 0 aromatic heterocycles. The lowest BCUT2D eigenvalue weighted by molar-refractivity contribution is 0.414. The minimum atomic E-state index is -3.45.